The van der Waals surface area contributed by atoms with Gasteiger partial charge in [0.05, 0.1) is 23.6 Å². The van der Waals surface area contributed by atoms with Crippen molar-refractivity contribution < 1.29 is 0 Å². The van der Waals surface area contributed by atoms with E-state index in [-0.39, 0.29) is 5.56 Å². The molecule has 0 saturated carbocycles. The minimum atomic E-state index is -0.0123. The predicted molar refractivity (Wildman–Crippen MR) is 117 cm³/mol. The van der Waals surface area contributed by atoms with E-state index in [0.717, 1.165) is 40.6 Å². The van der Waals surface area contributed by atoms with Crippen LogP contribution in [0.15, 0.2) is 53.3 Å². The lowest BCUT2D eigenvalue weighted by atomic mass is 10.1. The first kappa shape index (κ1) is 18.1. The Hall–Kier alpha value is -2.94. The zero-order valence-electron chi connectivity index (χ0n) is 15.5. The lowest BCUT2D eigenvalue weighted by Crippen LogP contribution is -2.24. The van der Waals surface area contributed by atoms with Crippen LogP contribution in [0.3, 0.4) is 0 Å². The van der Waals surface area contributed by atoms with Gasteiger partial charge in [-0.3, -0.25) is 9.36 Å². The molecule has 0 saturated heterocycles. The van der Waals surface area contributed by atoms with Crippen molar-refractivity contribution in [3.8, 4) is 17.5 Å². The molecule has 29 heavy (non-hydrogen) atoms. The molecule has 0 spiro atoms. The molecule has 6 heteroatoms. The van der Waals surface area contributed by atoms with Crippen molar-refractivity contribution in [1.82, 2.24) is 9.55 Å². The number of rotatable bonds is 3. The van der Waals surface area contributed by atoms with Gasteiger partial charge in [0, 0.05) is 15.5 Å². The van der Waals surface area contributed by atoms with E-state index < -0.39 is 0 Å². The van der Waals surface area contributed by atoms with Crippen LogP contribution in [0.5, 0.6) is 0 Å². The average Bonchev–Trinajstić information content (AvgIpc) is 3.32. The Balaban J connectivity index is 1.75. The van der Waals surface area contributed by atoms with E-state index in [2.05, 4.69) is 6.07 Å². The second-order valence-corrected chi connectivity index (χ2v) is 8.70. The SMILES string of the molecule is N#Cc1cccc(Cn2c(-c3ccc(Cl)cc3)nc3sc4c(c3c2=O)CCC4)c1. The van der Waals surface area contributed by atoms with Crippen LogP contribution in [0.4, 0.5) is 0 Å². The molecule has 0 N–H and O–H groups in total. The summed E-state index contributed by atoms with van der Waals surface area (Å²) in [5, 5.41) is 10.6. The number of aryl methyl sites for hydroxylation is 2. The summed E-state index contributed by atoms with van der Waals surface area (Å²) in [6.45, 7) is 0.361. The molecule has 2 heterocycles. The van der Waals surface area contributed by atoms with Gasteiger partial charge in [0.15, 0.2) is 0 Å². The number of hydrogen-bond donors (Lipinski definition) is 0. The van der Waals surface area contributed by atoms with Crippen LogP contribution in [0, 0.1) is 11.3 Å². The highest BCUT2D eigenvalue weighted by Gasteiger charge is 2.23. The van der Waals surface area contributed by atoms with E-state index in [9.17, 15) is 10.1 Å². The quantitative estimate of drug-likeness (QED) is 0.461. The normalized spacial score (nSPS) is 12.8. The summed E-state index contributed by atoms with van der Waals surface area (Å²) < 4.78 is 1.73. The molecule has 1 aliphatic carbocycles. The number of nitrogens with zero attached hydrogens (tertiary/aromatic N) is 3. The second-order valence-electron chi connectivity index (χ2n) is 7.18. The number of fused-ring (bicyclic) bond motifs is 3. The Morgan fingerprint density at radius 2 is 2.00 bits per heavy atom. The molecule has 0 atom stereocenters. The Labute approximate surface area is 176 Å². The number of nitriles is 1. The van der Waals surface area contributed by atoms with Gasteiger partial charge in [-0.05, 0) is 66.8 Å². The van der Waals surface area contributed by atoms with Crippen LogP contribution in [0.25, 0.3) is 21.6 Å². The van der Waals surface area contributed by atoms with Crippen molar-refractivity contribution in [1.29, 1.82) is 5.26 Å². The molecule has 2 aromatic heterocycles. The van der Waals surface area contributed by atoms with Crippen LogP contribution in [-0.2, 0) is 19.4 Å². The maximum Gasteiger partial charge on any atom is 0.263 e. The van der Waals surface area contributed by atoms with Gasteiger partial charge >= 0.3 is 0 Å². The third-order valence-electron chi connectivity index (χ3n) is 5.32. The van der Waals surface area contributed by atoms with Crippen LogP contribution >= 0.6 is 22.9 Å². The number of thiophene rings is 1. The lowest BCUT2D eigenvalue weighted by Gasteiger charge is -2.13. The van der Waals surface area contributed by atoms with Crippen molar-refractivity contribution in [2.75, 3.05) is 0 Å². The summed E-state index contributed by atoms with van der Waals surface area (Å²) in [4.78, 5) is 20.6. The first-order chi connectivity index (χ1) is 14.1. The highest BCUT2D eigenvalue weighted by atomic mass is 35.5. The highest BCUT2D eigenvalue weighted by Crippen LogP contribution is 2.36. The van der Waals surface area contributed by atoms with Crippen LogP contribution in [0.2, 0.25) is 5.02 Å². The molecule has 0 unspecified atom stereocenters. The van der Waals surface area contributed by atoms with E-state index in [4.69, 9.17) is 16.6 Å². The maximum atomic E-state index is 13.6. The fourth-order valence-electron chi connectivity index (χ4n) is 3.96. The monoisotopic (exact) mass is 417 g/mol. The molecule has 5 rings (SSSR count). The highest BCUT2D eigenvalue weighted by molar-refractivity contribution is 7.18. The van der Waals surface area contributed by atoms with Crippen molar-refractivity contribution in [2.24, 2.45) is 0 Å². The number of aromatic nitrogens is 2. The predicted octanol–water partition coefficient (Wildman–Crippen LogP) is 5.19. The Bertz CT molecular complexity index is 1350. The maximum absolute atomic E-state index is 13.6. The standard InChI is InChI=1S/C23H16ClN3OS/c24-17-9-7-16(8-10-17)21-26-22-20(18-5-2-6-19(18)29-22)23(28)27(21)13-15-4-1-3-14(11-15)12-25/h1,3-4,7-11H,2,5-6,13H2. The molecule has 4 nitrogen and oxygen atoms in total. The molecule has 1 aliphatic rings. The number of benzene rings is 2. The average molecular weight is 418 g/mol. The third kappa shape index (κ3) is 3.15. The van der Waals surface area contributed by atoms with Gasteiger partial charge in [-0.2, -0.15) is 5.26 Å². The summed E-state index contributed by atoms with van der Waals surface area (Å²) in [5.74, 6) is 0.626. The summed E-state index contributed by atoms with van der Waals surface area (Å²) in [5.41, 5.74) is 3.48. The van der Waals surface area contributed by atoms with E-state index >= 15 is 0 Å². The number of halogens is 1. The zero-order chi connectivity index (χ0) is 20.0. The minimum absolute atomic E-state index is 0.0123. The van der Waals surface area contributed by atoms with Crippen molar-refractivity contribution >= 4 is 33.2 Å². The van der Waals surface area contributed by atoms with Gasteiger partial charge in [0.1, 0.15) is 10.7 Å². The molecule has 0 bridgehead atoms. The zero-order valence-corrected chi connectivity index (χ0v) is 17.1. The largest absolute Gasteiger partial charge is 0.288 e. The van der Waals surface area contributed by atoms with Gasteiger partial charge in [0.25, 0.3) is 5.56 Å². The smallest absolute Gasteiger partial charge is 0.263 e. The van der Waals surface area contributed by atoms with Gasteiger partial charge in [-0.25, -0.2) is 4.98 Å². The first-order valence-corrected chi connectivity index (χ1v) is 10.6. The summed E-state index contributed by atoms with van der Waals surface area (Å²) in [7, 11) is 0. The van der Waals surface area contributed by atoms with Gasteiger partial charge in [0.2, 0.25) is 0 Å². The second kappa shape index (κ2) is 7.14. The summed E-state index contributed by atoms with van der Waals surface area (Å²) >= 11 is 7.70. The van der Waals surface area contributed by atoms with E-state index in [1.165, 1.54) is 10.4 Å². The topological polar surface area (TPSA) is 58.7 Å². The van der Waals surface area contributed by atoms with Crippen LogP contribution in [0.1, 0.15) is 28.0 Å². The van der Waals surface area contributed by atoms with Crippen LogP contribution in [-0.4, -0.2) is 9.55 Å². The van der Waals surface area contributed by atoms with E-state index in [1.54, 1.807) is 22.0 Å². The Morgan fingerprint density at radius 3 is 2.79 bits per heavy atom. The number of hydrogen-bond acceptors (Lipinski definition) is 4. The molecule has 0 fully saturated rings. The Morgan fingerprint density at radius 1 is 1.17 bits per heavy atom. The molecule has 2 aromatic carbocycles. The van der Waals surface area contributed by atoms with Crippen molar-refractivity contribution in [3.05, 3.63) is 85.5 Å². The molecular formula is C23H16ClN3OS. The van der Waals surface area contributed by atoms with Gasteiger partial charge in [-0.1, -0.05) is 23.7 Å². The van der Waals surface area contributed by atoms with Crippen molar-refractivity contribution in [3.63, 3.8) is 0 Å². The molecule has 0 aliphatic heterocycles. The molecule has 0 amide bonds. The van der Waals surface area contributed by atoms with Gasteiger partial charge in [-0.15, -0.1) is 11.3 Å². The third-order valence-corrected chi connectivity index (χ3v) is 6.76. The lowest BCUT2D eigenvalue weighted by molar-refractivity contribution is 0.759. The molecule has 0 radical (unpaired) electrons. The van der Waals surface area contributed by atoms with E-state index in [1.807, 2.05) is 42.5 Å². The fraction of sp³-hybridized carbons (Fsp3) is 0.174. The summed E-state index contributed by atoms with van der Waals surface area (Å²) in [6, 6.07) is 16.9. The molecule has 142 valence electrons. The summed E-state index contributed by atoms with van der Waals surface area (Å²) in [6.07, 6.45) is 3.06. The molecule has 4 aromatic rings. The first-order valence-electron chi connectivity index (χ1n) is 9.44. The Kier molecular flexibility index (Phi) is 4.46. The van der Waals surface area contributed by atoms with Gasteiger partial charge < -0.3 is 0 Å². The van der Waals surface area contributed by atoms with Crippen LogP contribution < -0.4 is 5.56 Å². The van der Waals surface area contributed by atoms with Crippen molar-refractivity contribution in [2.45, 2.75) is 25.8 Å². The molecular weight excluding hydrogens is 402 g/mol. The fourth-order valence-corrected chi connectivity index (χ4v) is 5.34. The van der Waals surface area contributed by atoms with E-state index in [0.29, 0.717) is 23.0 Å². The minimum Gasteiger partial charge on any atom is -0.288 e.